The second-order valence-corrected chi connectivity index (χ2v) is 9.66. The maximum atomic E-state index is 12.7. The predicted octanol–water partition coefficient (Wildman–Crippen LogP) is 6.28. The Hall–Kier alpha value is -1.48. The van der Waals surface area contributed by atoms with E-state index in [-0.39, 0.29) is 16.9 Å². The van der Waals surface area contributed by atoms with Crippen molar-refractivity contribution in [1.29, 1.82) is 0 Å². The van der Waals surface area contributed by atoms with Crippen LogP contribution in [0.5, 0.6) is 0 Å². The fourth-order valence-corrected chi connectivity index (χ4v) is 4.75. The Morgan fingerprint density at radius 2 is 1.34 bits per heavy atom. The fraction of sp³-hybridized carbons (Fsp3) is 0.692. The summed E-state index contributed by atoms with van der Waals surface area (Å²) in [4.78, 5) is 24.3. The highest BCUT2D eigenvalue weighted by Gasteiger charge is 2.48. The maximum Gasteiger partial charge on any atom is 0.168 e. The Morgan fingerprint density at radius 1 is 0.828 bits per heavy atom. The third-order valence-electron chi connectivity index (χ3n) is 7.36. The van der Waals surface area contributed by atoms with Crippen molar-refractivity contribution in [2.24, 2.45) is 10.8 Å². The predicted molar refractivity (Wildman–Crippen MR) is 117 cm³/mol. The summed E-state index contributed by atoms with van der Waals surface area (Å²) in [5.74, 6) is 0.701. The van der Waals surface area contributed by atoms with E-state index in [1.165, 1.54) is 0 Å². The first-order chi connectivity index (χ1) is 14.0. The van der Waals surface area contributed by atoms with Crippen LogP contribution >= 0.6 is 0 Å². The highest BCUT2D eigenvalue weighted by molar-refractivity contribution is 6.02. The van der Waals surface area contributed by atoms with E-state index in [0.717, 1.165) is 95.5 Å². The fourth-order valence-electron chi connectivity index (χ4n) is 4.75. The van der Waals surface area contributed by atoms with Crippen molar-refractivity contribution in [3.8, 4) is 0 Å². The number of hydrogen-bond donors (Lipinski definition) is 1. The monoisotopic (exact) mass is 398 g/mol. The van der Waals surface area contributed by atoms with E-state index >= 15 is 0 Å². The summed E-state index contributed by atoms with van der Waals surface area (Å²) in [7, 11) is 0. The molecule has 0 amide bonds. The molecule has 0 saturated heterocycles. The standard InChI is InChI=1S/C26H38O3/c1-21(27)25(17-18-25)15-9-3-7-13-23(28)14-8-4-10-16-26(19-20-26)24(29)22-11-5-2-6-12-22/h2,5-6,11-12,23,28H,3-4,7-10,13-20H2,1H3. The average molecular weight is 399 g/mol. The van der Waals surface area contributed by atoms with Crippen LogP contribution in [0.15, 0.2) is 30.3 Å². The van der Waals surface area contributed by atoms with E-state index in [9.17, 15) is 14.7 Å². The average Bonchev–Trinajstić information content (AvgIpc) is 3.64. The number of carbonyl (C=O) groups is 2. The number of rotatable bonds is 15. The van der Waals surface area contributed by atoms with Gasteiger partial charge < -0.3 is 5.11 Å². The van der Waals surface area contributed by atoms with Crippen LogP contribution in [-0.2, 0) is 4.79 Å². The molecule has 0 aromatic heterocycles. The molecule has 1 atom stereocenters. The van der Waals surface area contributed by atoms with Gasteiger partial charge in [0.2, 0.25) is 0 Å². The van der Waals surface area contributed by atoms with Crippen molar-refractivity contribution in [3.05, 3.63) is 35.9 Å². The van der Waals surface area contributed by atoms with Gasteiger partial charge >= 0.3 is 0 Å². The van der Waals surface area contributed by atoms with Crippen molar-refractivity contribution in [2.75, 3.05) is 0 Å². The summed E-state index contributed by atoms with van der Waals surface area (Å²) >= 11 is 0. The Balaban J connectivity index is 1.21. The molecular formula is C26H38O3. The van der Waals surface area contributed by atoms with Gasteiger partial charge in [-0.3, -0.25) is 9.59 Å². The topological polar surface area (TPSA) is 54.4 Å². The van der Waals surface area contributed by atoms with Crippen molar-refractivity contribution in [2.45, 2.75) is 103 Å². The smallest absolute Gasteiger partial charge is 0.168 e. The summed E-state index contributed by atoms with van der Waals surface area (Å²) in [6.07, 6.45) is 14.4. The van der Waals surface area contributed by atoms with Crippen molar-refractivity contribution in [1.82, 2.24) is 0 Å². The number of benzene rings is 1. The molecule has 3 nitrogen and oxygen atoms in total. The normalized spacial score (nSPS) is 19.5. The number of hydrogen-bond acceptors (Lipinski definition) is 3. The van der Waals surface area contributed by atoms with E-state index in [4.69, 9.17) is 0 Å². The molecule has 1 unspecified atom stereocenters. The molecule has 0 aliphatic heterocycles. The summed E-state index contributed by atoms with van der Waals surface area (Å²) in [5, 5.41) is 10.2. The Kier molecular flexibility index (Phi) is 7.67. The number of aliphatic hydroxyl groups is 1. The Bertz CT molecular complexity index is 670. The molecule has 0 bridgehead atoms. The summed E-state index contributed by atoms with van der Waals surface area (Å²) < 4.78 is 0. The molecule has 3 heteroatoms. The molecule has 29 heavy (non-hydrogen) atoms. The first-order valence-electron chi connectivity index (χ1n) is 11.8. The molecule has 1 N–H and O–H groups in total. The minimum Gasteiger partial charge on any atom is -0.393 e. The van der Waals surface area contributed by atoms with Crippen LogP contribution in [0.2, 0.25) is 0 Å². The van der Waals surface area contributed by atoms with Crippen LogP contribution in [0.4, 0.5) is 0 Å². The van der Waals surface area contributed by atoms with Crippen LogP contribution in [0.3, 0.4) is 0 Å². The summed E-state index contributed by atoms with van der Waals surface area (Å²) in [5.41, 5.74) is 0.814. The van der Waals surface area contributed by atoms with Crippen LogP contribution in [0.25, 0.3) is 0 Å². The van der Waals surface area contributed by atoms with Crippen molar-refractivity contribution in [3.63, 3.8) is 0 Å². The van der Waals surface area contributed by atoms with Gasteiger partial charge in [-0.1, -0.05) is 68.9 Å². The molecular weight excluding hydrogens is 360 g/mol. The second kappa shape index (κ2) is 10.0. The highest BCUT2D eigenvalue weighted by atomic mass is 16.3. The van der Waals surface area contributed by atoms with Gasteiger partial charge in [-0.15, -0.1) is 0 Å². The van der Waals surface area contributed by atoms with Gasteiger partial charge in [-0.05, 0) is 58.3 Å². The third kappa shape index (κ3) is 6.25. The molecule has 0 heterocycles. The second-order valence-electron chi connectivity index (χ2n) is 9.66. The van der Waals surface area contributed by atoms with Gasteiger partial charge in [0.15, 0.2) is 5.78 Å². The van der Waals surface area contributed by atoms with Crippen LogP contribution in [-0.4, -0.2) is 22.8 Å². The molecule has 0 spiro atoms. The minimum absolute atomic E-state index is 0.0411. The lowest BCUT2D eigenvalue weighted by Crippen LogP contribution is -2.16. The Labute approximate surface area is 176 Å². The first kappa shape index (κ1) is 22.2. The van der Waals surface area contributed by atoms with Gasteiger partial charge in [0.25, 0.3) is 0 Å². The van der Waals surface area contributed by atoms with Gasteiger partial charge in [-0.2, -0.15) is 0 Å². The number of Topliss-reactive ketones (excluding diaryl/α,β-unsaturated/α-hetero) is 2. The summed E-state index contributed by atoms with van der Waals surface area (Å²) in [6.45, 7) is 1.74. The number of unbranched alkanes of at least 4 members (excludes halogenated alkanes) is 4. The van der Waals surface area contributed by atoms with Crippen molar-refractivity contribution >= 4 is 11.6 Å². The molecule has 2 aliphatic carbocycles. The molecule has 0 radical (unpaired) electrons. The highest BCUT2D eigenvalue weighted by Crippen LogP contribution is 2.52. The number of carbonyl (C=O) groups excluding carboxylic acids is 2. The zero-order chi connectivity index (χ0) is 20.7. The number of aliphatic hydroxyl groups excluding tert-OH is 1. The first-order valence-corrected chi connectivity index (χ1v) is 11.8. The van der Waals surface area contributed by atoms with Gasteiger partial charge in [0, 0.05) is 16.4 Å². The quantitative estimate of drug-likeness (QED) is 0.279. The van der Waals surface area contributed by atoms with Gasteiger partial charge in [-0.25, -0.2) is 0 Å². The zero-order valence-electron chi connectivity index (χ0n) is 18.1. The van der Waals surface area contributed by atoms with Crippen LogP contribution in [0, 0.1) is 10.8 Å². The molecule has 1 aromatic carbocycles. The third-order valence-corrected chi connectivity index (χ3v) is 7.36. The lowest BCUT2D eigenvalue weighted by atomic mass is 9.89. The lowest BCUT2D eigenvalue weighted by molar-refractivity contribution is -0.122. The molecule has 1 aromatic rings. The van der Waals surface area contributed by atoms with Crippen LogP contribution in [0.1, 0.15) is 107 Å². The molecule has 2 saturated carbocycles. The SMILES string of the molecule is CC(=O)C1(CCCCCC(O)CCCCCC2(C(=O)c3ccccc3)CC2)CC1. The van der Waals surface area contributed by atoms with E-state index in [1.807, 2.05) is 30.3 Å². The Morgan fingerprint density at radius 3 is 1.83 bits per heavy atom. The molecule has 2 fully saturated rings. The maximum absolute atomic E-state index is 12.7. The number of ketones is 2. The largest absolute Gasteiger partial charge is 0.393 e. The van der Waals surface area contributed by atoms with Crippen molar-refractivity contribution < 1.29 is 14.7 Å². The van der Waals surface area contributed by atoms with E-state index < -0.39 is 0 Å². The van der Waals surface area contributed by atoms with Gasteiger partial charge in [0.1, 0.15) is 5.78 Å². The van der Waals surface area contributed by atoms with E-state index in [1.54, 1.807) is 6.92 Å². The van der Waals surface area contributed by atoms with E-state index in [0.29, 0.717) is 11.6 Å². The molecule has 2 aliphatic rings. The summed E-state index contributed by atoms with van der Waals surface area (Å²) in [6, 6.07) is 9.71. The zero-order valence-corrected chi connectivity index (χ0v) is 18.1. The van der Waals surface area contributed by atoms with Crippen LogP contribution < -0.4 is 0 Å². The van der Waals surface area contributed by atoms with E-state index in [2.05, 4.69) is 0 Å². The van der Waals surface area contributed by atoms with Gasteiger partial charge in [0.05, 0.1) is 6.10 Å². The lowest BCUT2D eigenvalue weighted by Gasteiger charge is -2.15. The minimum atomic E-state index is -0.196. The molecule has 160 valence electrons. The molecule has 3 rings (SSSR count).